The van der Waals surface area contributed by atoms with E-state index < -0.39 is 10.2 Å². The van der Waals surface area contributed by atoms with Crippen LogP contribution in [0.4, 0.5) is 0 Å². The molecule has 6 heteroatoms. The lowest BCUT2D eigenvalue weighted by atomic mass is 10.4. The summed E-state index contributed by atoms with van der Waals surface area (Å²) in [5.41, 5.74) is 5.18. The normalized spacial score (nSPS) is 12.9. The van der Waals surface area contributed by atoms with Gasteiger partial charge in [-0.3, -0.25) is 0 Å². The number of nitrogens with two attached hydrogens (primary N) is 1. The van der Waals surface area contributed by atoms with Crippen molar-refractivity contribution in [1.82, 2.24) is 9.44 Å². The van der Waals surface area contributed by atoms with Crippen LogP contribution in [0.3, 0.4) is 0 Å². The van der Waals surface area contributed by atoms with Crippen molar-refractivity contribution < 1.29 is 8.42 Å². The van der Waals surface area contributed by atoms with Crippen molar-refractivity contribution in [3.05, 3.63) is 12.2 Å². The first-order valence-corrected chi connectivity index (χ1v) is 5.58. The third kappa shape index (κ3) is 7.92. The fourth-order valence-electron chi connectivity index (χ4n) is 0.689. The zero-order valence-electron chi connectivity index (χ0n) is 7.95. The quantitative estimate of drug-likeness (QED) is 0.505. The molecule has 0 spiro atoms. The van der Waals surface area contributed by atoms with E-state index in [-0.39, 0.29) is 12.6 Å². The average molecular weight is 207 g/mol. The predicted octanol–water partition coefficient (Wildman–Crippen LogP) is -0.666. The second-order valence-electron chi connectivity index (χ2n) is 2.83. The van der Waals surface area contributed by atoms with Crippen LogP contribution in [0.15, 0.2) is 12.2 Å². The Hall–Kier alpha value is -0.430. The molecule has 0 rings (SSSR count). The van der Waals surface area contributed by atoms with Gasteiger partial charge in [0.15, 0.2) is 0 Å². The van der Waals surface area contributed by atoms with Crippen LogP contribution < -0.4 is 15.2 Å². The summed E-state index contributed by atoms with van der Waals surface area (Å²) < 4.78 is 27.0. The molecule has 0 aliphatic heterocycles. The van der Waals surface area contributed by atoms with Crippen molar-refractivity contribution in [2.24, 2.45) is 5.73 Å². The Morgan fingerprint density at radius 2 is 2.00 bits per heavy atom. The fraction of sp³-hybridized carbons (Fsp3) is 0.714. The summed E-state index contributed by atoms with van der Waals surface area (Å²) in [6.45, 7) is 4.20. The highest BCUT2D eigenvalue weighted by atomic mass is 32.2. The van der Waals surface area contributed by atoms with Gasteiger partial charge in [-0.2, -0.15) is 17.9 Å². The molecule has 0 heterocycles. The van der Waals surface area contributed by atoms with E-state index in [4.69, 9.17) is 5.73 Å². The monoisotopic (exact) mass is 207 g/mol. The molecule has 0 unspecified atom stereocenters. The van der Waals surface area contributed by atoms with E-state index >= 15 is 0 Å². The molecule has 0 aromatic heterocycles. The largest absolute Gasteiger partial charge is 0.327 e. The van der Waals surface area contributed by atoms with Crippen LogP contribution in [-0.4, -0.2) is 27.5 Å². The molecule has 0 saturated heterocycles. The maximum Gasteiger partial charge on any atom is 0.277 e. The maximum atomic E-state index is 11.1. The van der Waals surface area contributed by atoms with Gasteiger partial charge in [0.2, 0.25) is 0 Å². The molecule has 0 aliphatic carbocycles. The summed E-state index contributed by atoms with van der Waals surface area (Å²) in [7, 11) is -3.35. The van der Waals surface area contributed by atoms with Gasteiger partial charge in [0.1, 0.15) is 0 Å². The first-order valence-electron chi connectivity index (χ1n) is 4.10. The van der Waals surface area contributed by atoms with Crippen molar-refractivity contribution >= 4 is 10.2 Å². The SMILES string of the molecule is CC(C)NS(=O)(=O)NC/C=C/CN. The van der Waals surface area contributed by atoms with Crippen LogP contribution in [0.25, 0.3) is 0 Å². The van der Waals surface area contributed by atoms with E-state index in [9.17, 15) is 8.42 Å². The first kappa shape index (κ1) is 12.6. The van der Waals surface area contributed by atoms with Gasteiger partial charge in [0, 0.05) is 19.1 Å². The molecule has 4 N–H and O–H groups in total. The standard InChI is InChI=1S/C7H17N3O2S/c1-7(2)10-13(11,12)9-6-4-3-5-8/h3-4,7,9-10H,5-6,8H2,1-2H3/b4-3+. The van der Waals surface area contributed by atoms with Gasteiger partial charge in [0.25, 0.3) is 10.2 Å². The third-order valence-corrected chi connectivity index (χ3v) is 2.41. The number of hydrogen-bond donors (Lipinski definition) is 3. The molecule has 78 valence electrons. The second kappa shape index (κ2) is 6.09. The summed E-state index contributed by atoms with van der Waals surface area (Å²) in [4.78, 5) is 0. The molecule has 0 atom stereocenters. The summed E-state index contributed by atoms with van der Waals surface area (Å²) in [6.07, 6.45) is 3.36. The highest BCUT2D eigenvalue weighted by Crippen LogP contribution is 1.82. The molecule has 0 aliphatic rings. The highest BCUT2D eigenvalue weighted by molar-refractivity contribution is 7.87. The van der Waals surface area contributed by atoms with Crippen LogP contribution in [0.2, 0.25) is 0 Å². The molecule has 0 radical (unpaired) electrons. The van der Waals surface area contributed by atoms with Gasteiger partial charge < -0.3 is 5.73 Å². The Labute approximate surface area is 79.6 Å². The van der Waals surface area contributed by atoms with E-state index in [1.54, 1.807) is 26.0 Å². The molecular formula is C7H17N3O2S. The Balaban J connectivity index is 3.84. The summed E-state index contributed by atoms with van der Waals surface area (Å²) in [6, 6.07) is -0.101. The predicted molar refractivity (Wildman–Crippen MR) is 53.4 cm³/mol. The molecule has 0 saturated carbocycles. The van der Waals surface area contributed by atoms with Gasteiger partial charge in [-0.05, 0) is 13.8 Å². The molecule has 0 bridgehead atoms. The highest BCUT2D eigenvalue weighted by Gasteiger charge is 2.08. The molecular weight excluding hydrogens is 190 g/mol. The van der Waals surface area contributed by atoms with Gasteiger partial charge in [-0.1, -0.05) is 12.2 Å². The number of hydrogen-bond acceptors (Lipinski definition) is 3. The summed E-state index contributed by atoms with van der Waals surface area (Å²) in [5, 5.41) is 0. The zero-order chi connectivity index (χ0) is 10.3. The maximum absolute atomic E-state index is 11.1. The molecule has 0 aromatic carbocycles. The molecule has 5 nitrogen and oxygen atoms in total. The van der Waals surface area contributed by atoms with Crippen LogP contribution in [0.1, 0.15) is 13.8 Å². The minimum Gasteiger partial charge on any atom is -0.327 e. The Morgan fingerprint density at radius 3 is 2.46 bits per heavy atom. The van der Waals surface area contributed by atoms with Crippen molar-refractivity contribution in [3.63, 3.8) is 0 Å². The second-order valence-corrected chi connectivity index (χ2v) is 4.36. The van der Waals surface area contributed by atoms with Crippen LogP contribution in [0, 0.1) is 0 Å². The lowest BCUT2D eigenvalue weighted by Gasteiger charge is -2.08. The topological polar surface area (TPSA) is 84.2 Å². The summed E-state index contributed by atoms with van der Waals surface area (Å²) >= 11 is 0. The Kier molecular flexibility index (Phi) is 5.89. The van der Waals surface area contributed by atoms with E-state index in [2.05, 4.69) is 9.44 Å². The van der Waals surface area contributed by atoms with E-state index in [1.165, 1.54) is 0 Å². The zero-order valence-corrected chi connectivity index (χ0v) is 8.76. The number of rotatable bonds is 6. The van der Waals surface area contributed by atoms with Crippen LogP contribution in [0.5, 0.6) is 0 Å². The summed E-state index contributed by atoms with van der Waals surface area (Å²) in [5.74, 6) is 0. The van der Waals surface area contributed by atoms with Crippen molar-refractivity contribution in [2.45, 2.75) is 19.9 Å². The van der Waals surface area contributed by atoms with Crippen molar-refractivity contribution in [3.8, 4) is 0 Å². The molecule has 0 fully saturated rings. The smallest absolute Gasteiger partial charge is 0.277 e. The molecule has 13 heavy (non-hydrogen) atoms. The van der Waals surface area contributed by atoms with Gasteiger partial charge in [0.05, 0.1) is 0 Å². The molecule has 0 amide bonds. The fourth-order valence-corrected chi connectivity index (χ4v) is 1.71. The van der Waals surface area contributed by atoms with Crippen molar-refractivity contribution in [1.29, 1.82) is 0 Å². The first-order chi connectivity index (χ1) is 5.98. The Morgan fingerprint density at radius 1 is 1.38 bits per heavy atom. The minimum absolute atomic E-state index is 0.101. The van der Waals surface area contributed by atoms with Crippen molar-refractivity contribution in [2.75, 3.05) is 13.1 Å². The molecule has 0 aromatic rings. The van der Waals surface area contributed by atoms with Crippen LogP contribution >= 0.6 is 0 Å². The van der Waals surface area contributed by atoms with Gasteiger partial charge in [-0.25, -0.2) is 0 Å². The average Bonchev–Trinajstić information content (AvgIpc) is 1.95. The minimum atomic E-state index is -3.35. The third-order valence-electron chi connectivity index (χ3n) is 1.08. The van der Waals surface area contributed by atoms with Gasteiger partial charge >= 0.3 is 0 Å². The van der Waals surface area contributed by atoms with Crippen LogP contribution in [-0.2, 0) is 10.2 Å². The van der Waals surface area contributed by atoms with E-state index in [0.717, 1.165) is 0 Å². The lowest BCUT2D eigenvalue weighted by Crippen LogP contribution is -2.40. The number of nitrogens with one attached hydrogen (secondary N) is 2. The lowest BCUT2D eigenvalue weighted by molar-refractivity contribution is 0.559. The van der Waals surface area contributed by atoms with E-state index in [1.807, 2.05) is 0 Å². The van der Waals surface area contributed by atoms with Gasteiger partial charge in [-0.15, -0.1) is 0 Å². The Bertz CT molecular complexity index is 246. The van der Waals surface area contributed by atoms with E-state index in [0.29, 0.717) is 6.54 Å².